The third-order valence-electron chi connectivity index (χ3n) is 3.16. The Morgan fingerprint density at radius 2 is 2.08 bits per heavy atom. The average Bonchev–Trinajstić information content (AvgIpc) is 3.13. The number of rotatable bonds is 4. The van der Waals surface area contributed by atoms with Gasteiger partial charge in [0.25, 0.3) is 5.89 Å². The van der Waals surface area contributed by atoms with Crippen molar-refractivity contribution in [3.63, 3.8) is 0 Å². The van der Waals surface area contributed by atoms with E-state index in [0.717, 1.165) is 12.1 Å². The summed E-state index contributed by atoms with van der Waals surface area (Å²) < 4.78 is 44.7. The lowest BCUT2D eigenvalue weighted by atomic mass is 10.2. The van der Waals surface area contributed by atoms with Crippen molar-refractivity contribution in [1.82, 2.24) is 19.7 Å². The van der Waals surface area contributed by atoms with Crippen LogP contribution in [0.15, 0.2) is 35.0 Å². The van der Waals surface area contributed by atoms with Crippen molar-refractivity contribution in [2.75, 3.05) is 5.32 Å². The van der Waals surface area contributed by atoms with Crippen LogP contribution in [0.3, 0.4) is 0 Å². The second-order valence-corrected chi connectivity index (χ2v) is 4.90. The summed E-state index contributed by atoms with van der Waals surface area (Å²) in [6.45, 7) is 0. The Labute approximate surface area is 137 Å². The molecule has 0 atom stereocenters. The van der Waals surface area contributed by atoms with Crippen molar-refractivity contribution in [1.29, 1.82) is 0 Å². The topological polar surface area (TPSA) is 112 Å². The predicted octanol–water partition coefficient (Wildman–Crippen LogP) is 3.14. The number of halogens is 3. The lowest BCUT2D eigenvalue weighted by Gasteiger charge is -2.08. The summed E-state index contributed by atoms with van der Waals surface area (Å²) >= 11 is 0. The minimum absolute atomic E-state index is 0.0189. The van der Waals surface area contributed by atoms with Crippen LogP contribution in [0.4, 0.5) is 30.7 Å². The zero-order chi connectivity index (χ0) is 18.2. The largest absolute Gasteiger partial charge is 0.416 e. The minimum atomic E-state index is -4.49. The number of aryl methyl sites for hydroxylation is 1. The van der Waals surface area contributed by atoms with Crippen molar-refractivity contribution in [2.24, 2.45) is 7.05 Å². The summed E-state index contributed by atoms with van der Waals surface area (Å²) in [7, 11) is 1.50. The number of alkyl halides is 3. The molecule has 0 radical (unpaired) electrons. The molecule has 1 N–H and O–H groups in total. The van der Waals surface area contributed by atoms with Gasteiger partial charge in [0.15, 0.2) is 0 Å². The van der Waals surface area contributed by atoms with Gasteiger partial charge in [0.2, 0.25) is 12.0 Å². The van der Waals surface area contributed by atoms with Gasteiger partial charge in [0.1, 0.15) is 0 Å². The number of hydrogen-bond donors (Lipinski definition) is 1. The van der Waals surface area contributed by atoms with E-state index in [4.69, 9.17) is 4.42 Å². The van der Waals surface area contributed by atoms with Gasteiger partial charge in [0, 0.05) is 12.7 Å². The van der Waals surface area contributed by atoms with Crippen LogP contribution in [0.25, 0.3) is 11.6 Å². The number of benzene rings is 1. The first-order valence-electron chi connectivity index (χ1n) is 6.69. The Morgan fingerprint density at radius 1 is 1.32 bits per heavy atom. The molecule has 9 nitrogen and oxygen atoms in total. The highest BCUT2D eigenvalue weighted by atomic mass is 19.4. The Bertz CT molecular complexity index is 933. The lowest BCUT2D eigenvalue weighted by Crippen LogP contribution is -2.05. The first kappa shape index (κ1) is 16.4. The van der Waals surface area contributed by atoms with Crippen LogP contribution in [0.1, 0.15) is 5.56 Å². The number of hydrogen-bond acceptors (Lipinski definition) is 7. The van der Waals surface area contributed by atoms with Crippen LogP contribution in [0, 0.1) is 10.1 Å². The maximum atomic E-state index is 12.7. The summed E-state index contributed by atoms with van der Waals surface area (Å²) in [6.07, 6.45) is -3.29. The normalized spacial score (nSPS) is 11.5. The molecule has 0 saturated carbocycles. The molecule has 0 aliphatic rings. The molecule has 0 spiro atoms. The van der Waals surface area contributed by atoms with Gasteiger partial charge in [-0.2, -0.15) is 13.2 Å². The highest BCUT2D eigenvalue weighted by Crippen LogP contribution is 2.32. The van der Waals surface area contributed by atoms with E-state index in [9.17, 15) is 23.3 Å². The van der Waals surface area contributed by atoms with Crippen LogP contribution in [-0.2, 0) is 13.2 Å². The fourth-order valence-corrected chi connectivity index (χ4v) is 2.06. The van der Waals surface area contributed by atoms with E-state index in [2.05, 4.69) is 20.5 Å². The summed E-state index contributed by atoms with van der Waals surface area (Å²) in [4.78, 5) is 13.9. The molecule has 0 amide bonds. The van der Waals surface area contributed by atoms with E-state index in [1.165, 1.54) is 30.1 Å². The second kappa shape index (κ2) is 5.89. The summed E-state index contributed by atoms with van der Waals surface area (Å²) in [5, 5.41) is 20.8. The molecule has 0 unspecified atom stereocenters. The van der Waals surface area contributed by atoms with Gasteiger partial charge < -0.3 is 24.4 Å². The van der Waals surface area contributed by atoms with E-state index in [-0.39, 0.29) is 23.3 Å². The SMILES string of the molecule is Cn1cnc([N+](=O)[O-])c1-c1nnc(Nc2cccc(C(F)(F)F)c2)o1. The number of nitrogens with one attached hydrogen (secondary N) is 1. The zero-order valence-electron chi connectivity index (χ0n) is 12.5. The molecular weight excluding hydrogens is 345 g/mol. The predicted molar refractivity (Wildman–Crippen MR) is 77.9 cm³/mol. The van der Waals surface area contributed by atoms with E-state index >= 15 is 0 Å². The maximum absolute atomic E-state index is 12.7. The van der Waals surface area contributed by atoms with Crippen molar-refractivity contribution >= 4 is 17.5 Å². The molecule has 12 heteroatoms. The maximum Gasteiger partial charge on any atom is 0.416 e. The van der Waals surface area contributed by atoms with Crippen molar-refractivity contribution in [2.45, 2.75) is 6.18 Å². The summed E-state index contributed by atoms with van der Waals surface area (Å²) in [5.41, 5.74) is -0.793. The molecule has 130 valence electrons. The van der Waals surface area contributed by atoms with Gasteiger partial charge in [-0.25, -0.2) is 0 Å². The first-order valence-corrected chi connectivity index (χ1v) is 6.69. The molecule has 0 fully saturated rings. The fourth-order valence-electron chi connectivity index (χ4n) is 2.06. The first-order chi connectivity index (χ1) is 11.8. The highest BCUT2D eigenvalue weighted by molar-refractivity contribution is 5.61. The van der Waals surface area contributed by atoms with Gasteiger partial charge >= 0.3 is 18.0 Å². The van der Waals surface area contributed by atoms with E-state index in [1.54, 1.807) is 0 Å². The van der Waals surface area contributed by atoms with Crippen LogP contribution in [0.2, 0.25) is 0 Å². The molecule has 3 aromatic rings. The molecule has 0 saturated heterocycles. The van der Waals surface area contributed by atoms with Gasteiger partial charge in [-0.15, -0.1) is 5.10 Å². The Balaban J connectivity index is 1.89. The molecular formula is C13H9F3N6O3. The quantitative estimate of drug-likeness (QED) is 0.566. The van der Waals surface area contributed by atoms with Crippen LogP contribution in [0.5, 0.6) is 0 Å². The van der Waals surface area contributed by atoms with Crippen LogP contribution >= 0.6 is 0 Å². The fraction of sp³-hybridized carbons (Fsp3) is 0.154. The molecule has 0 aliphatic carbocycles. The lowest BCUT2D eigenvalue weighted by molar-refractivity contribution is -0.388. The summed E-state index contributed by atoms with van der Waals surface area (Å²) in [5.74, 6) is -0.669. The molecule has 25 heavy (non-hydrogen) atoms. The second-order valence-electron chi connectivity index (χ2n) is 4.90. The van der Waals surface area contributed by atoms with Gasteiger partial charge in [-0.05, 0) is 28.1 Å². The van der Waals surface area contributed by atoms with Gasteiger partial charge in [0.05, 0.1) is 5.56 Å². The number of aromatic nitrogens is 4. The number of nitrogens with zero attached hydrogens (tertiary/aromatic N) is 5. The number of anilines is 2. The monoisotopic (exact) mass is 354 g/mol. The Kier molecular flexibility index (Phi) is 3.87. The zero-order valence-corrected chi connectivity index (χ0v) is 12.5. The van der Waals surface area contributed by atoms with E-state index < -0.39 is 22.5 Å². The molecule has 2 heterocycles. The van der Waals surface area contributed by atoms with Crippen LogP contribution < -0.4 is 5.32 Å². The van der Waals surface area contributed by atoms with Gasteiger partial charge in [-0.1, -0.05) is 11.2 Å². The van der Waals surface area contributed by atoms with E-state index in [1.807, 2.05) is 0 Å². The highest BCUT2D eigenvalue weighted by Gasteiger charge is 2.30. The standard InChI is InChI=1S/C13H9F3N6O3/c1-21-6-17-10(22(23)24)9(21)11-19-20-12(25-11)18-8-4-2-3-7(5-8)13(14,15)16/h2-6H,1H3,(H,18,20). The van der Waals surface area contributed by atoms with Crippen molar-refractivity contribution in [3.05, 3.63) is 46.3 Å². The average molecular weight is 354 g/mol. The third kappa shape index (κ3) is 3.27. The van der Waals surface area contributed by atoms with Crippen LogP contribution in [-0.4, -0.2) is 24.7 Å². The van der Waals surface area contributed by atoms with Crippen molar-refractivity contribution < 1.29 is 22.5 Å². The molecule has 0 bridgehead atoms. The number of nitro groups is 1. The van der Waals surface area contributed by atoms with E-state index in [0.29, 0.717) is 0 Å². The number of imidazole rings is 1. The molecule has 2 aromatic heterocycles. The van der Waals surface area contributed by atoms with Gasteiger partial charge in [-0.3, -0.25) is 0 Å². The smallest absolute Gasteiger partial charge is 0.401 e. The summed E-state index contributed by atoms with van der Waals surface area (Å²) in [6, 6.07) is 4.17. The molecule has 0 aliphatic heterocycles. The van der Waals surface area contributed by atoms with Crippen molar-refractivity contribution in [3.8, 4) is 11.6 Å². The third-order valence-corrected chi connectivity index (χ3v) is 3.16. The minimum Gasteiger partial charge on any atom is -0.401 e. The molecule has 3 rings (SSSR count). The Morgan fingerprint density at radius 3 is 2.76 bits per heavy atom. The molecule has 1 aromatic carbocycles. The Hall–Kier alpha value is -3.44.